The van der Waals surface area contributed by atoms with Crippen LogP contribution < -0.4 is 0 Å². The number of amides is 1. The molecule has 5 nitrogen and oxygen atoms in total. The number of nitrogens with zero attached hydrogens (tertiary/aromatic N) is 2. The van der Waals surface area contributed by atoms with Gasteiger partial charge in [-0.3, -0.25) is 4.79 Å². The average Bonchev–Trinajstić information content (AvgIpc) is 2.78. The van der Waals surface area contributed by atoms with Crippen LogP contribution in [-0.2, 0) is 10.0 Å². The first kappa shape index (κ1) is 15.5. The smallest absolute Gasteiger partial charge is 0.264 e. The van der Waals surface area contributed by atoms with Crippen LogP contribution in [0.1, 0.15) is 27.0 Å². The maximum atomic E-state index is 12.4. The fourth-order valence-electron chi connectivity index (χ4n) is 2.19. The van der Waals surface area contributed by atoms with Crippen LogP contribution in [0.15, 0.2) is 6.07 Å². The second kappa shape index (κ2) is 5.83. The Morgan fingerprint density at radius 1 is 1.25 bits per heavy atom. The van der Waals surface area contributed by atoms with E-state index in [0.717, 1.165) is 15.3 Å². The summed E-state index contributed by atoms with van der Waals surface area (Å²) in [6, 6.07) is 1.91. The molecule has 1 amide bonds. The molecule has 0 atom stereocenters. The summed E-state index contributed by atoms with van der Waals surface area (Å²) < 4.78 is 25.0. The average molecular weight is 316 g/mol. The van der Waals surface area contributed by atoms with Crippen LogP contribution in [0.4, 0.5) is 0 Å². The number of carbonyl (C=O) groups is 1. The van der Waals surface area contributed by atoms with Crippen LogP contribution >= 0.6 is 11.3 Å². The molecule has 1 aliphatic rings. The highest BCUT2D eigenvalue weighted by Crippen LogP contribution is 2.22. The highest BCUT2D eigenvalue weighted by molar-refractivity contribution is 7.89. The SMILES string of the molecule is CCS(=O)(=O)N1CCN(C(=O)c2cc(C)c(C)s2)CC1. The van der Waals surface area contributed by atoms with Gasteiger partial charge in [0, 0.05) is 31.1 Å². The van der Waals surface area contributed by atoms with E-state index in [1.54, 1.807) is 11.8 Å². The lowest BCUT2D eigenvalue weighted by Gasteiger charge is -2.33. The first-order valence-corrected chi connectivity index (χ1v) is 9.12. The summed E-state index contributed by atoms with van der Waals surface area (Å²) in [5, 5.41) is 0. The molecule has 0 aromatic carbocycles. The minimum absolute atomic E-state index is 0.0137. The molecule has 0 radical (unpaired) electrons. The summed E-state index contributed by atoms with van der Waals surface area (Å²) in [5.41, 5.74) is 1.13. The third kappa shape index (κ3) is 3.05. The zero-order valence-electron chi connectivity index (χ0n) is 12.0. The van der Waals surface area contributed by atoms with Crippen molar-refractivity contribution in [1.82, 2.24) is 9.21 Å². The second-order valence-electron chi connectivity index (χ2n) is 4.94. The number of hydrogen-bond acceptors (Lipinski definition) is 4. The molecule has 1 fully saturated rings. The van der Waals surface area contributed by atoms with E-state index in [1.807, 2.05) is 19.9 Å². The van der Waals surface area contributed by atoms with Crippen LogP contribution in [0, 0.1) is 13.8 Å². The Morgan fingerprint density at radius 3 is 2.30 bits per heavy atom. The van der Waals surface area contributed by atoms with Crippen molar-refractivity contribution in [3.05, 3.63) is 21.4 Å². The largest absolute Gasteiger partial charge is 0.335 e. The van der Waals surface area contributed by atoms with Gasteiger partial charge in [-0.25, -0.2) is 8.42 Å². The van der Waals surface area contributed by atoms with Crippen molar-refractivity contribution in [3.63, 3.8) is 0 Å². The van der Waals surface area contributed by atoms with Crippen molar-refractivity contribution in [3.8, 4) is 0 Å². The number of aryl methyl sites for hydroxylation is 2. The van der Waals surface area contributed by atoms with Crippen LogP contribution in [0.3, 0.4) is 0 Å². The van der Waals surface area contributed by atoms with E-state index in [4.69, 9.17) is 0 Å². The molecule has 1 aromatic heterocycles. The maximum absolute atomic E-state index is 12.4. The first-order valence-electron chi connectivity index (χ1n) is 6.69. The third-order valence-electron chi connectivity index (χ3n) is 3.66. The van der Waals surface area contributed by atoms with E-state index in [0.29, 0.717) is 26.2 Å². The van der Waals surface area contributed by atoms with Gasteiger partial charge in [-0.2, -0.15) is 4.31 Å². The Morgan fingerprint density at radius 2 is 1.85 bits per heavy atom. The Kier molecular flexibility index (Phi) is 4.51. The van der Waals surface area contributed by atoms with Gasteiger partial charge in [0.25, 0.3) is 5.91 Å². The molecule has 0 aliphatic carbocycles. The zero-order chi connectivity index (χ0) is 14.9. The molecule has 1 aromatic rings. The quantitative estimate of drug-likeness (QED) is 0.848. The van der Waals surface area contributed by atoms with Gasteiger partial charge in [-0.15, -0.1) is 11.3 Å². The Bertz CT molecular complexity index is 580. The predicted octanol–water partition coefficient (Wildman–Crippen LogP) is 1.47. The molecule has 20 heavy (non-hydrogen) atoms. The molecule has 1 saturated heterocycles. The maximum Gasteiger partial charge on any atom is 0.264 e. The van der Waals surface area contributed by atoms with Crippen molar-refractivity contribution in [1.29, 1.82) is 0 Å². The molecule has 1 aliphatic heterocycles. The minimum Gasteiger partial charge on any atom is -0.335 e. The molecular formula is C13H20N2O3S2. The number of sulfonamides is 1. The van der Waals surface area contributed by atoms with Crippen LogP contribution in [0.2, 0.25) is 0 Å². The van der Waals surface area contributed by atoms with Crippen molar-refractivity contribution in [2.45, 2.75) is 20.8 Å². The van der Waals surface area contributed by atoms with Gasteiger partial charge in [0.1, 0.15) is 0 Å². The Labute approximate surface area is 124 Å². The van der Waals surface area contributed by atoms with Gasteiger partial charge < -0.3 is 4.90 Å². The second-order valence-corrected chi connectivity index (χ2v) is 8.46. The summed E-state index contributed by atoms with van der Waals surface area (Å²) >= 11 is 1.50. The first-order chi connectivity index (χ1) is 9.35. The lowest BCUT2D eigenvalue weighted by atomic mass is 10.2. The molecule has 2 heterocycles. The number of rotatable bonds is 3. The number of piperazine rings is 1. The molecule has 7 heteroatoms. The molecule has 2 rings (SSSR count). The van der Waals surface area contributed by atoms with Crippen molar-refractivity contribution in [2.24, 2.45) is 0 Å². The van der Waals surface area contributed by atoms with Crippen molar-refractivity contribution < 1.29 is 13.2 Å². The standard InChI is InChI=1S/C13H20N2O3S2/c1-4-20(17,18)15-7-5-14(6-8-15)13(16)12-9-10(2)11(3)19-12/h9H,4-8H2,1-3H3. The normalized spacial score (nSPS) is 17.4. The summed E-state index contributed by atoms with van der Waals surface area (Å²) in [6.45, 7) is 7.36. The summed E-state index contributed by atoms with van der Waals surface area (Å²) in [7, 11) is -3.14. The van der Waals surface area contributed by atoms with Gasteiger partial charge >= 0.3 is 0 Å². The van der Waals surface area contributed by atoms with E-state index >= 15 is 0 Å². The number of thiophene rings is 1. The van der Waals surface area contributed by atoms with E-state index in [9.17, 15) is 13.2 Å². The van der Waals surface area contributed by atoms with E-state index in [2.05, 4.69) is 0 Å². The van der Waals surface area contributed by atoms with E-state index in [1.165, 1.54) is 15.6 Å². The summed E-state index contributed by atoms with van der Waals surface area (Å²) in [5.74, 6) is 0.129. The molecule has 0 N–H and O–H groups in total. The minimum atomic E-state index is -3.14. The van der Waals surface area contributed by atoms with Crippen LogP contribution in [-0.4, -0.2) is 55.5 Å². The van der Waals surface area contributed by atoms with Crippen LogP contribution in [0.5, 0.6) is 0 Å². The number of carbonyl (C=O) groups excluding carboxylic acids is 1. The highest BCUT2D eigenvalue weighted by atomic mass is 32.2. The molecule has 0 unspecified atom stereocenters. The fraction of sp³-hybridized carbons (Fsp3) is 0.615. The lowest BCUT2D eigenvalue weighted by molar-refractivity contribution is 0.0703. The molecule has 112 valence electrons. The summed E-state index contributed by atoms with van der Waals surface area (Å²) in [6.07, 6.45) is 0. The Balaban J connectivity index is 2.02. The fourth-order valence-corrected chi connectivity index (χ4v) is 4.27. The van der Waals surface area contributed by atoms with Gasteiger partial charge in [0.05, 0.1) is 10.6 Å². The van der Waals surface area contributed by atoms with Crippen molar-refractivity contribution in [2.75, 3.05) is 31.9 Å². The molecular weight excluding hydrogens is 296 g/mol. The molecule has 0 saturated carbocycles. The Hall–Kier alpha value is -0.920. The molecule has 0 bridgehead atoms. The van der Waals surface area contributed by atoms with E-state index in [-0.39, 0.29) is 11.7 Å². The van der Waals surface area contributed by atoms with Gasteiger partial charge in [0.15, 0.2) is 0 Å². The number of hydrogen-bond donors (Lipinski definition) is 0. The van der Waals surface area contributed by atoms with E-state index < -0.39 is 10.0 Å². The summed E-state index contributed by atoms with van der Waals surface area (Å²) in [4.78, 5) is 16.0. The van der Waals surface area contributed by atoms with Gasteiger partial charge in [-0.1, -0.05) is 0 Å². The lowest BCUT2D eigenvalue weighted by Crippen LogP contribution is -2.50. The molecule has 0 spiro atoms. The predicted molar refractivity (Wildman–Crippen MR) is 80.7 cm³/mol. The topological polar surface area (TPSA) is 57.7 Å². The van der Waals surface area contributed by atoms with Crippen LogP contribution in [0.25, 0.3) is 0 Å². The zero-order valence-corrected chi connectivity index (χ0v) is 13.7. The van der Waals surface area contributed by atoms with Gasteiger partial charge in [-0.05, 0) is 32.4 Å². The van der Waals surface area contributed by atoms with Crippen molar-refractivity contribution >= 4 is 27.3 Å². The monoisotopic (exact) mass is 316 g/mol. The third-order valence-corrected chi connectivity index (χ3v) is 6.68. The van der Waals surface area contributed by atoms with Gasteiger partial charge in [0.2, 0.25) is 10.0 Å². The highest BCUT2D eigenvalue weighted by Gasteiger charge is 2.28.